The lowest BCUT2D eigenvalue weighted by atomic mass is 9.92. The Morgan fingerprint density at radius 2 is 2.00 bits per heavy atom. The SMILES string of the molecule is CC1CCN(C(=O)CCC2CCC(C)O2)C(C(=O)O)C1. The molecule has 5 nitrogen and oxygen atoms in total. The first-order chi connectivity index (χ1) is 9.47. The maximum atomic E-state index is 12.3. The molecule has 0 aromatic rings. The third-order valence-corrected chi connectivity index (χ3v) is 4.47. The van der Waals surface area contributed by atoms with Gasteiger partial charge in [-0.1, -0.05) is 6.92 Å². The molecule has 0 aromatic carbocycles. The van der Waals surface area contributed by atoms with Gasteiger partial charge in [0.1, 0.15) is 6.04 Å². The maximum Gasteiger partial charge on any atom is 0.326 e. The van der Waals surface area contributed by atoms with Crippen LogP contribution >= 0.6 is 0 Å². The van der Waals surface area contributed by atoms with Gasteiger partial charge in [0.05, 0.1) is 12.2 Å². The minimum absolute atomic E-state index is 0.0348. The highest BCUT2D eigenvalue weighted by molar-refractivity contribution is 5.83. The van der Waals surface area contributed by atoms with Crippen molar-refractivity contribution in [2.45, 2.75) is 70.6 Å². The van der Waals surface area contributed by atoms with E-state index in [1.165, 1.54) is 0 Å². The van der Waals surface area contributed by atoms with Crippen LogP contribution in [0.15, 0.2) is 0 Å². The number of carboxylic acids is 1. The van der Waals surface area contributed by atoms with Crippen LogP contribution in [-0.4, -0.2) is 46.7 Å². The van der Waals surface area contributed by atoms with Crippen molar-refractivity contribution in [1.29, 1.82) is 0 Å². The van der Waals surface area contributed by atoms with Crippen molar-refractivity contribution in [3.63, 3.8) is 0 Å². The number of carbonyl (C=O) groups excluding carboxylic acids is 1. The molecule has 2 aliphatic heterocycles. The zero-order chi connectivity index (χ0) is 14.7. The number of carboxylic acid groups (broad SMARTS) is 1. The molecule has 2 saturated heterocycles. The van der Waals surface area contributed by atoms with Gasteiger partial charge in [-0.3, -0.25) is 4.79 Å². The van der Waals surface area contributed by atoms with Gasteiger partial charge in [-0.05, 0) is 44.9 Å². The van der Waals surface area contributed by atoms with Gasteiger partial charge in [0.25, 0.3) is 0 Å². The van der Waals surface area contributed by atoms with Crippen molar-refractivity contribution < 1.29 is 19.4 Å². The van der Waals surface area contributed by atoms with Gasteiger partial charge in [0, 0.05) is 13.0 Å². The average Bonchev–Trinajstić information content (AvgIpc) is 2.81. The molecule has 0 aliphatic carbocycles. The van der Waals surface area contributed by atoms with Gasteiger partial charge < -0.3 is 14.7 Å². The Morgan fingerprint density at radius 1 is 1.25 bits per heavy atom. The third kappa shape index (κ3) is 3.72. The van der Waals surface area contributed by atoms with Crippen LogP contribution in [0.1, 0.15) is 52.4 Å². The largest absolute Gasteiger partial charge is 0.480 e. The molecule has 2 heterocycles. The number of nitrogens with zero attached hydrogens (tertiary/aromatic N) is 1. The van der Waals surface area contributed by atoms with Crippen molar-refractivity contribution in [3.8, 4) is 0 Å². The molecule has 0 spiro atoms. The van der Waals surface area contributed by atoms with E-state index in [-0.39, 0.29) is 18.1 Å². The summed E-state index contributed by atoms with van der Waals surface area (Å²) in [7, 11) is 0. The Balaban J connectivity index is 1.85. The van der Waals surface area contributed by atoms with Crippen molar-refractivity contribution in [2.75, 3.05) is 6.54 Å². The van der Waals surface area contributed by atoms with Crippen molar-refractivity contribution in [1.82, 2.24) is 4.90 Å². The summed E-state index contributed by atoms with van der Waals surface area (Å²) in [6.45, 7) is 4.67. The third-order valence-electron chi connectivity index (χ3n) is 4.47. The molecular formula is C15H25NO4. The molecule has 0 aromatic heterocycles. The monoisotopic (exact) mass is 283 g/mol. The van der Waals surface area contributed by atoms with Crippen LogP contribution < -0.4 is 0 Å². The highest BCUT2D eigenvalue weighted by atomic mass is 16.5. The van der Waals surface area contributed by atoms with Gasteiger partial charge in [-0.25, -0.2) is 4.79 Å². The Kier molecular flexibility index (Phi) is 5.02. The highest BCUT2D eigenvalue weighted by Crippen LogP contribution is 2.26. The molecule has 1 N–H and O–H groups in total. The molecule has 0 saturated carbocycles. The van der Waals surface area contributed by atoms with Crippen LogP contribution in [0.2, 0.25) is 0 Å². The molecule has 4 atom stereocenters. The Labute approximate surface area is 120 Å². The molecule has 20 heavy (non-hydrogen) atoms. The quantitative estimate of drug-likeness (QED) is 0.857. The van der Waals surface area contributed by atoms with Crippen LogP contribution in [0.4, 0.5) is 0 Å². The molecule has 2 fully saturated rings. The molecule has 0 radical (unpaired) electrons. The van der Waals surface area contributed by atoms with E-state index in [1.54, 1.807) is 4.90 Å². The van der Waals surface area contributed by atoms with E-state index in [0.717, 1.165) is 19.3 Å². The van der Waals surface area contributed by atoms with Gasteiger partial charge in [0.2, 0.25) is 5.91 Å². The van der Waals surface area contributed by atoms with E-state index in [4.69, 9.17) is 4.74 Å². The summed E-state index contributed by atoms with van der Waals surface area (Å²) >= 11 is 0. The van der Waals surface area contributed by atoms with E-state index in [2.05, 4.69) is 0 Å². The molecule has 5 heteroatoms. The number of amides is 1. The lowest BCUT2D eigenvalue weighted by Crippen LogP contribution is -2.49. The van der Waals surface area contributed by atoms with Gasteiger partial charge in [0.15, 0.2) is 0 Å². The number of hydrogen-bond donors (Lipinski definition) is 1. The summed E-state index contributed by atoms with van der Waals surface area (Å²) in [5, 5.41) is 9.27. The molecule has 114 valence electrons. The van der Waals surface area contributed by atoms with E-state index in [0.29, 0.717) is 31.7 Å². The summed E-state index contributed by atoms with van der Waals surface area (Å²) in [5.74, 6) is -0.540. The molecule has 4 unspecified atom stereocenters. The van der Waals surface area contributed by atoms with Crippen LogP contribution in [0.3, 0.4) is 0 Å². The first-order valence-corrected chi connectivity index (χ1v) is 7.65. The Bertz CT molecular complexity index is 371. The topological polar surface area (TPSA) is 66.8 Å². The average molecular weight is 283 g/mol. The molecule has 1 amide bonds. The standard InChI is InChI=1S/C15H25NO4/c1-10-7-8-16(13(9-10)15(18)19)14(17)6-5-12-4-3-11(2)20-12/h10-13H,3-9H2,1-2H3,(H,18,19). The van der Waals surface area contributed by atoms with Gasteiger partial charge in [-0.15, -0.1) is 0 Å². The second-order valence-corrected chi connectivity index (χ2v) is 6.26. The Hall–Kier alpha value is -1.10. The number of piperidine rings is 1. The fourth-order valence-corrected chi connectivity index (χ4v) is 3.20. The first-order valence-electron chi connectivity index (χ1n) is 7.65. The summed E-state index contributed by atoms with van der Waals surface area (Å²) in [6.07, 6.45) is 5.09. The number of likely N-dealkylation sites (tertiary alicyclic amines) is 1. The lowest BCUT2D eigenvalue weighted by molar-refractivity contribution is -0.153. The number of rotatable bonds is 4. The minimum atomic E-state index is -0.879. The zero-order valence-corrected chi connectivity index (χ0v) is 12.4. The van der Waals surface area contributed by atoms with Crippen molar-refractivity contribution >= 4 is 11.9 Å². The zero-order valence-electron chi connectivity index (χ0n) is 12.4. The minimum Gasteiger partial charge on any atom is -0.480 e. The first kappa shape index (κ1) is 15.3. The highest BCUT2D eigenvalue weighted by Gasteiger charge is 2.34. The van der Waals surface area contributed by atoms with E-state index >= 15 is 0 Å². The summed E-state index contributed by atoms with van der Waals surface area (Å²) in [5.41, 5.74) is 0. The second kappa shape index (κ2) is 6.57. The van der Waals surface area contributed by atoms with Crippen molar-refractivity contribution in [2.24, 2.45) is 5.92 Å². The molecule has 0 bridgehead atoms. The molecule has 2 aliphatic rings. The normalized spacial score (nSPS) is 34.2. The van der Waals surface area contributed by atoms with Crippen LogP contribution in [0.25, 0.3) is 0 Å². The van der Waals surface area contributed by atoms with Crippen LogP contribution in [-0.2, 0) is 14.3 Å². The summed E-state index contributed by atoms with van der Waals surface area (Å²) in [6, 6.07) is -0.644. The predicted octanol–water partition coefficient (Wildman–Crippen LogP) is 2.05. The fourth-order valence-electron chi connectivity index (χ4n) is 3.20. The smallest absolute Gasteiger partial charge is 0.326 e. The van der Waals surface area contributed by atoms with Crippen LogP contribution in [0, 0.1) is 5.92 Å². The lowest BCUT2D eigenvalue weighted by Gasteiger charge is -2.36. The number of aliphatic carboxylic acids is 1. The molecule has 2 rings (SSSR count). The van der Waals surface area contributed by atoms with E-state index < -0.39 is 12.0 Å². The molecular weight excluding hydrogens is 258 g/mol. The predicted molar refractivity (Wildman–Crippen MR) is 74.3 cm³/mol. The van der Waals surface area contributed by atoms with Crippen molar-refractivity contribution in [3.05, 3.63) is 0 Å². The Morgan fingerprint density at radius 3 is 2.60 bits per heavy atom. The fraction of sp³-hybridized carbons (Fsp3) is 0.867. The van der Waals surface area contributed by atoms with Gasteiger partial charge in [-0.2, -0.15) is 0 Å². The second-order valence-electron chi connectivity index (χ2n) is 6.26. The number of ether oxygens (including phenoxy) is 1. The van der Waals surface area contributed by atoms with E-state index in [9.17, 15) is 14.7 Å². The summed E-state index contributed by atoms with van der Waals surface area (Å²) < 4.78 is 5.70. The number of hydrogen-bond acceptors (Lipinski definition) is 3. The maximum absolute atomic E-state index is 12.3. The number of carbonyl (C=O) groups is 2. The van der Waals surface area contributed by atoms with Crippen LogP contribution in [0.5, 0.6) is 0 Å². The summed E-state index contributed by atoms with van der Waals surface area (Å²) in [4.78, 5) is 25.1. The van der Waals surface area contributed by atoms with Gasteiger partial charge >= 0.3 is 5.97 Å². The van der Waals surface area contributed by atoms with E-state index in [1.807, 2.05) is 13.8 Å².